The van der Waals surface area contributed by atoms with Crippen LogP contribution in [-0.4, -0.2) is 42.5 Å². The van der Waals surface area contributed by atoms with E-state index in [1.807, 2.05) is 24.3 Å². The number of methoxy groups -OCH3 is 1. The van der Waals surface area contributed by atoms with Gasteiger partial charge in [-0.2, -0.15) is 0 Å². The average Bonchev–Trinajstić information content (AvgIpc) is 3.08. The highest BCUT2D eigenvalue weighted by Crippen LogP contribution is 2.25. The first-order chi connectivity index (χ1) is 14.6. The van der Waals surface area contributed by atoms with E-state index in [2.05, 4.69) is 46.4 Å². The normalized spacial score (nSPS) is 17.2. The molecule has 5 heteroatoms. The standard InChI is InChI=1S/C25H31N3O2/c1-18-23(22-7-3-4-8-24(22)27-18)17-28-13-5-6-20(16-28)15-26-25(29)14-19-9-11-21(30-2)12-10-19/h3-4,7-12,20,27H,5-6,13-17H2,1-2H3,(H,26,29)/t20-/m0/s1. The molecular weight excluding hydrogens is 374 g/mol. The van der Waals surface area contributed by atoms with Crippen molar-refractivity contribution in [2.75, 3.05) is 26.7 Å². The molecule has 0 bridgehead atoms. The molecule has 1 amide bonds. The van der Waals surface area contributed by atoms with Gasteiger partial charge in [0.1, 0.15) is 5.75 Å². The van der Waals surface area contributed by atoms with Crippen LogP contribution in [0.4, 0.5) is 0 Å². The van der Waals surface area contributed by atoms with Gasteiger partial charge in [0, 0.05) is 36.2 Å². The molecule has 3 aromatic rings. The van der Waals surface area contributed by atoms with Gasteiger partial charge in [-0.05, 0) is 61.6 Å². The minimum atomic E-state index is 0.0877. The maximum Gasteiger partial charge on any atom is 0.224 e. The summed E-state index contributed by atoms with van der Waals surface area (Å²) in [5.41, 5.74) is 4.87. The number of nitrogens with one attached hydrogen (secondary N) is 2. The summed E-state index contributed by atoms with van der Waals surface area (Å²) >= 11 is 0. The number of piperidine rings is 1. The van der Waals surface area contributed by atoms with Crippen molar-refractivity contribution in [3.05, 3.63) is 65.4 Å². The molecule has 1 atom stereocenters. The van der Waals surface area contributed by atoms with E-state index in [1.165, 1.54) is 35.0 Å². The lowest BCUT2D eigenvalue weighted by atomic mass is 9.97. The Morgan fingerprint density at radius 2 is 2.00 bits per heavy atom. The zero-order chi connectivity index (χ0) is 20.9. The van der Waals surface area contributed by atoms with Crippen LogP contribution in [0, 0.1) is 12.8 Å². The number of likely N-dealkylation sites (tertiary alicyclic amines) is 1. The molecule has 1 aliphatic rings. The van der Waals surface area contributed by atoms with E-state index in [4.69, 9.17) is 4.74 Å². The summed E-state index contributed by atoms with van der Waals surface area (Å²) in [5, 5.41) is 4.47. The van der Waals surface area contributed by atoms with Crippen LogP contribution in [0.1, 0.15) is 29.7 Å². The number of rotatable bonds is 7. The van der Waals surface area contributed by atoms with Crippen molar-refractivity contribution >= 4 is 16.8 Å². The molecule has 0 aliphatic carbocycles. The summed E-state index contributed by atoms with van der Waals surface area (Å²) in [7, 11) is 1.65. The van der Waals surface area contributed by atoms with E-state index in [0.717, 1.165) is 37.5 Å². The van der Waals surface area contributed by atoms with Gasteiger partial charge in [0.2, 0.25) is 5.91 Å². The highest BCUT2D eigenvalue weighted by atomic mass is 16.5. The van der Waals surface area contributed by atoms with Crippen LogP contribution in [0.15, 0.2) is 48.5 Å². The SMILES string of the molecule is COc1ccc(CC(=O)NC[C@@H]2CCCN(Cc3c(C)[nH]c4ccccc34)C2)cc1. The fraction of sp³-hybridized carbons (Fsp3) is 0.400. The number of carbonyl (C=O) groups excluding carboxylic acids is 1. The summed E-state index contributed by atoms with van der Waals surface area (Å²) in [6.07, 6.45) is 2.77. The van der Waals surface area contributed by atoms with E-state index >= 15 is 0 Å². The number of hydrogen-bond acceptors (Lipinski definition) is 3. The Bertz CT molecular complexity index is 993. The molecule has 2 heterocycles. The number of nitrogens with zero attached hydrogens (tertiary/aromatic N) is 1. The van der Waals surface area contributed by atoms with Crippen LogP contribution >= 0.6 is 0 Å². The highest BCUT2D eigenvalue weighted by molar-refractivity contribution is 5.84. The number of aryl methyl sites for hydroxylation is 1. The molecule has 158 valence electrons. The van der Waals surface area contributed by atoms with Crippen molar-refractivity contribution in [2.45, 2.75) is 32.7 Å². The maximum atomic E-state index is 12.4. The monoisotopic (exact) mass is 405 g/mol. The Labute approximate surface area is 178 Å². The Morgan fingerprint density at radius 3 is 2.80 bits per heavy atom. The van der Waals surface area contributed by atoms with Crippen molar-refractivity contribution in [1.82, 2.24) is 15.2 Å². The van der Waals surface area contributed by atoms with E-state index in [1.54, 1.807) is 7.11 Å². The second kappa shape index (κ2) is 9.35. The second-order valence-corrected chi connectivity index (χ2v) is 8.35. The Morgan fingerprint density at radius 1 is 1.20 bits per heavy atom. The number of fused-ring (bicyclic) bond motifs is 1. The van der Waals surface area contributed by atoms with Gasteiger partial charge in [-0.25, -0.2) is 0 Å². The molecule has 4 rings (SSSR count). The molecule has 0 saturated carbocycles. The minimum absolute atomic E-state index is 0.0877. The van der Waals surface area contributed by atoms with Crippen molar-refractivity contribution in [3.63, 3.8) is 0 Å². The Hall–Kier alpha value is -2.79. The number of aromatic amines is 1. The van der Waals surface area contributed by atoms with Gasteiger partial charge in [-0.15, -0.1) is 0 Å². The molecular formula is C25H31N3O2. The first-order valence-corrected chi connectivity index (χ1v) is 10.8. The second-order valence-electron chi connectivity index (χ2n) is 8.35. The molecule has 1 saturated heterocycles. The molecule has 2 N–H and O–H groups in total. The number of aromatic nitrogens is 1. The lowest BCUT2D eigenvalue weighted by Crippen LogP contribution is -2.40. The van der Waals surface area contributed by atoms with E-state index in [9.17, 15) is 4.79 Å². The van der Waals surface area contributed by atoms with Crippen LogP contribution < -0.4 is 10.1 Å². The van der Waals surface area contributed by atoms with Crippen LogP contribution in [0.25, 0.3) is 10.9 Å². The molecule has 0 radical (unpaired) electrons. The zero-order valence-corrected chi connectivity index (χ0v) is 17.9. The molecule has 0 spiro atoms. The van der Waals surface area contributed by atoms with E-state index in [0.29, 0.717) is 12.3 Å². The number of benzene rings is 2. The van der Waals surface area contributed by atoms with Crippen LogP contribution in [0.5, 0.6) is 5.75 Å². The fourth-order valence-electron chi connectivity index (χ4n) is 4.47. The van der Waals surface area contributed by atoms with Crippen LogP contribution in [0.2, 0.25) is 0 Å². The third-order valence-electron chi connectivity index (χ3n) is 6.12. The average molecular weight is 406 g/mol. The van der Waals surface area contributed by atoms with Gasteiger partial charge in [-0.3, -0.25) is 9.69 Å². The topological polar surface area (TPSA) is 57.4 Å². The zero-order valence-electron chi connectivity index (χ0n) is 17.9. The number of H-pyrrole nitrogens is 1. The molecule has 1 aliphatic heterocycles. The first-order valence-electron chi connectivity index (χ1n) is 10.8. The number of amides is 1. The van der Waals surface area contributed by atoms with Crippen LogP contribution in [0.3, 0.4) is 0 Å². The molecule has 1 fully saturated rings. The number of hydrogen-bond donors (Lipinski definition) is 2. The fourth-order valence-corrected chi connectivity index (χ4v) is 4.47. The van der Waals surface area contributed by atoms with Crippen molar-refractivity contribution in [1.29, 1.82) is 0 Å². The quantitative estimate of drug-likeness (QED) is 0.623. The van der Waals surface area contributed by atoms with E-state index < -0.39 is 0 Å². The van der Waals surface area contributed by atoms with Gasteiger partial charge < -0.3 is 15.0 Å². The largest absolute Gasteiger partial charge is 0.497 e. The third-order valence-corrected chi connectivity index (χ3v) is 6.12. The summed E-state index contributed by atoms with van der Waals surface area (Å²) in [6.45, 7) is 6.03. The summed E-state index contributed by atoms with van der Waals surface area (Å²) in [4.78, 5) is 18.4. The van der Waals surface area contributed by atoms with E-state index in [-0.39, 0.29) is 5.91 Å². The van der Waals surface area contributed by atoms with Gasteiger partial charge >= 0.3 is 0 Å². The first kappa shape index (κ1) is 20.5. The third kappa shape index (κ3) is 4.85. The van der Waals surface area contributed by atoms with Crippen molar-refractivity contribution in [2.24, 2.45) is 5.92 Å². The lowest BCUT2D eigenvalue weighted by Gasteiger charge is -2.33. The van der Waals surface area contributed by atoms with Crippen molar-refractivity contribution < 1.29 is 9.53 Å². The van der Waals surface area contributed by atoms with Crippen molar-refractivity contribution in [3.8, 4) is 5.75 Å². The smallest absolute Gasteiger partial charge is 0.224 e. The number of carbonyl (C=O) groups is 1. The molecule has 5 nitrogen and oxygen atoms in total. The summed E-state index contributed by atoms with van der Waals surface area (Å²) in [5.74, 6) is 1.40. The predicted molar refractivity (Wildman–Crippen MR) is 121 cm³/mol. The minimum Gasteiger partial charge on any atom is -0.497 e. The summed E-state index contributed by atoms with van der Waals surface area (Å²) < 4.78 is 5.17. The van der Waals surface area contributed by atoms with Gasteiger partial charge in [-0.1, -0.05) is 30.3 Å². The molecule has 30 heavy (non-hydrogen) atoms. The van der Waals surface area contributed by atoms with Gasteiger partial charge in [0.15, 0.2) is 0 Å². The molecule has 2 aromatic carbocycles. The van der Waals surface area contributed by atoms with Gasteiger partial charge in [0.25, 0.3) is 0 Å². The Balaban J connectivity index is 1.29. The number of para-hydroxylation sites is 1. The molecule has 0 unspecified atom stereocenters. The number of ether oxygens (including phenoxy) is 1. The Kier molecular flexibility index (Phi) is 6.38. The van der Waals surface area contributed by atoms with Crippen LogP contribution in [-0.2, 0) is 17.8 Å². The highest BCUT2D eigenvalue weighted by Gasteiger charge is 2.22. The predicted octanol–water partition coefficient (Wildman–Crippen LogP) is 4.06. The maximum absolute atomic E-state index is 12.4. The lowest BCUT2D eigenvalue weighted by molar-refractivity contribution is -0.120. The van der Waals surface area contributed by atoms with Gasteiger partial charge in [0.05, 0.1) is 13.5 Å². The summed E-state index contributed by atoms with van der Waals surface area (Å²) in [6, 6.07) is 16.2. The molecule has 1 aromatic heterocycles.